The van der Waals surface area contributed by atoms with Crippen LogP contribution in [0.2, 0.25) is 0 Å². The van der Waals surface area contributed by atoms with Crippen molar-refractivity contribution in [1.82, 2.24) is 9.97 Å². The zero-order chi connectivity index (χ0) is 12.3. The van der Waals surface area contributed by atoms with Gasteiger partial charge in [0.1, 0.15) is 11.9 Å². The van der Waals surface area contributed by atoms with Gasteiger partial charge in [0.05, 0.1) is 0 Å². The number of aromatic nitrogens is 2. The molecule has 2 heterocycles. The normalized spacial score (nSPS) is 12.4. The minimum absolute atomic E-state index is 0.360. The fourth-order valence-electron chi connectivity index (χ4n) is 1.83. The number of hydrogen-bond acceptors (Lipinski definition) is 4. The number of nitrogens with two attached hydrogens (primary N) is 1. The minimum Gasteiger partial charge on any atom is -0.384 e. The van der Waals surface area contributed by atoms with Crippen LogP contribution in [-0.2, 0) is 6.42 Å². The van der Waals surface area contributed by atoms with E-state index in [9.17, 15) is 5.11 Å². The van der Waals surface area contributed by atoms with Gasteiger partial charge in [0.15, 0.2) is 0 Å². The van der Waals surface area contributed by atoms with Crippen LogP contribution in [0.15, 0.2) is 36.8 Å². The zero-order valence-electron chi connectivity index (χ0n) is 9.67. The molecule has 4 nitrogen and oxygen atoms in total. The van der Waals surface area contributed by atoms with Gasteiger partial charge in [0, 0.05) is 24.2 Å². The number of nitrogens with zero attached hydrogens (tertiary/aromatic N) is 2. The zero-order valence-corrected chi connectivity index (χ0v) is 9.67. The van der Waals surface area contributed by atoms with Crippen LogP contribution in [-0.4, -0.2) is 15.1 Å². The van der Waals surface area contributed by atoms with Gasteiger partial charge in [-0.25, -0.2) is 4.98 Å². The summed E-state index contributed by atoms with van der Waals surface area (Å²) in [4.78, 5) is 8.04. The summed E-state index contributed by atoms with van der Waals surface area (Å²) in [7, 11) is 0. The van der Waals surface area contributed by atoms with E-state index in [1.54, 1.807) is 30.7 Å². The summed E-state index contributed by atoms with van der Waals surface area (Å²) in [5.41, 5.74) is 8.25. The lowest BCUT2D eigenvalue weighted by Gasteiger charge is -2.15. The molecule has 0 aromatic carbocycles. The molecule has 1 atom stereocenters. The lowest BCUT2D eigenvalue weighted by atomic mass is 9.98. The van der Waals surface area contributed by atoms with Gasteiger partial charge in [-0.2, -0.15) is 0 Å². The van der Waals surface area contributed by atoms with Crippen molar-refractivity contribution in [1.29, 1.82) is 0 Å². The molecule has 0 aliphatic carbocycles. The molecule has 2 aromatic rings. The summed E-state index contributed by atoms with van der Waals surface area (Å²) in [6, 6.07) is 5.37. The summed E-state index contributed by atoms with van der Waals surface area (Å²) in [5, 5.41) is 10.3. The Labute approximate surface area is 100 Å². The molecule has 0 spiro atoms. The van der Waals surface area contributed by atoms with Crippen LogP contribution in [0.3, 0.4) is 0 Å². The topological polar surface area (TPSA) is 72.0 Å². The molecule has 0 radical (unpaired) electrons. The van der Waals surface area contributed by atoms with Gasteiger partial charge in [-0.3, -0.25) is 4.98 Å². The molecule has 0 saturated carbocycles. The molecule has 1 unspecified atom stereocenters. The second kappa shape index (κ2) is 4.93. The summed E-state index contributed by atoms with van der Waals surface area (Å²) < 4.78 is 0. The van der Waals surface area contributed by atoms with Crippen LogP contribution in [0.4, 0.5) is 5.82 Å². The van der Waals surface area contributed by atoms with Crippen LogP contribution < -0.4 is 5.73 Å². The van der Waals surface area contributed by atoms with Crippen molar-refractivity contribution in [2.24, 2.45) is 0 Å². The van der Waals surface area contributed by atoms with E-state index in [2.05, 4.69) is 9.97 Å². The van der Waals surface area contributed by atoms with E-state index in [4.69, 9.17) is 5.73 Å². The van der Waals surface area contributed by atoms with Crippen molar-refractivity contribution >= 4 is 5.82 Å². The second-order valence-corrected chi connectivity index (χ2v) is 3.81. The second-order valence-electron chi connectivity index (χ2n) is 3.81. The van der Waals surface area contributed by atoms with Gasteiger partial charge < -0.3 is 10.8 Å². The maximum absolute atomic E-state index is 10.3. The lowest BCUT2D eigenvalue weighted by Crippen LogP contribution is -2.07. The maximum Gasteiger partial charge on any atom is 0.129 e. The molecule has 0 saturated heterocycles. The molecule has 2 rings (SSSR count). The van der Waals surface area contributed by atoms with E-state index in [0.717, 1.165) is 17.5 Å². The van der Waals surface area contributed by atoms with E-state index in [1.807, 2.05) is 13.0 Å². The first kappa shape index (κ1) is 11.5. The van der Waals surface area contributed by atoms with Crippen molar-refractivity contribution < 1.29 is 5.11 Å². The number of anilines is 1. The van der Waals surface area contributed by atoms with Crippen molar-refractivity contribution in [3.63, 3.8) is 0 Å². The Morgan fingerprint density at radius 1 is 1.29 bits per heavy atom. The Bertz CT molecular complexity index is 514. The van der Waals surface area contributed by atoms with Gasteiger partial charge in [-0.05, 0) is 29.7 Å². The smallest absolute Gasteiger partial charge is 0.129 e. The standard InChI is InChI=1S/C13H15N3O/c1-2-9-8-15-7-5-10(9)12(17)11-4-3-6-16-13(11)14/h3-8,12,17H,2H2,1H3,(H2,14,16). The van der Waals surface area contributed by atoms with Gasteiger partial charge in [-0.1, -0.05) is 13.0 Å². The van der Waals surface area contributed by atoms with Crippen LogP contribution in [0.5, 0.6) is 0 Å². The third-order valence-corrected chi connectivity index (χ3v) is 2.78. The van der Waals surface area contributed by atoms with Gasteiger partial charge in [0.25, 0.3) is 0 Å². The Hall–Kier alpha value is -1.94. The molecule has 17 heavy (non-hydrogen) atoms. The van der Waals surface area contributed by atoms with Crippen LogP contribution >= 0.6 is 0 Å². The summed E-state index contributed by atoms with van der Waals surface area (Å²) in [6.45, 7) is 2.03. The molecule has 3 N–H and O–H groups in total. The number of aliphatic hydroxyl groups excluding tert-OH is 1. The van der Waals surface area contributed by atoms with Crippen molar-refractivity contribution in [3.05, 3.63) is 53.5 Å². The highest BCUT2D eigenvalue weighted by Gasteiger charge is 2.16. The Balaban J connectivity index is 2.44. The molecule has 0 amide bonds. The molecule has 0 aliphatic heterocycles. The van der Waals surface area contributed by atoms with Gasteiger partial charge in [-0.15, -0.1) is 0 Å². The third-order valence-electron chi connectivity index (χ3n) is 2.78. The third kappa shape index (κ3) is 2.26. The number of hydrogen-bond donors (Lipinski definition) is 2. The molecule has 4 heteroatoms. The first-order chi connectivity index (χ1) is 8.24. The van der Waals surface area contributed by atoms with E-state index in [1.165, 1.54) is 0 Å². The lowest BCUT2D eigenvalue weighted by molar-refractivity contribution is 0.219. The average molecular weight is 229 g/mol. The van der Waals surface area contributed by atoms with E-state index >= 15 is 0 Å². The summed E-state index contributed by atoms with van der Waals surface area (Å²) in [5.74, 6) is 0.360. The molecule has 0 aliphatic rings. The largest absolute Gasteiger partial charge is 0.384 e. The highest BCUT2D eigenvalue weighted by Crippen LogP contribution is 2.27. The fourth-order valence-corrected chi connectivity index (χ4v) is 1.83. The van der Waals surface area contributed by atoms with Crippen molar-refractivity contribution in [2.45, 2.75) is 19.4 Å². The number of pyridine rings is 2. The van der Waals surface area contributed by atoms with Crippen LogP contribution in [0.1, 0.15) is 29.7 Å². The summed E-state index contributed by atoms with van der Waals surface area (Å²) in [6.07, 6.45) is 5.12. The fraction of sp³-hybridized carbons (Fsp3) is 0.231. The Morgan fingerprint density at radius 3 is 2.82 bits per heavy atom. The van der Waals surface area contributed by atoms with Crippen molar-refractivity contribution in [2.75, 3.05) is 5.73 Å². The quantitative estimate of drug-likeness (QED) is 0.840. The Morgan fingerprint density at radius 2 is 2.12 bits per heavy atom. The maximum atomic E-state index is 10.3. The highest BCUT2D eigenvalue weighted by molar-refractivity contribution is 5.45. The van der Waals surface area contributed by atoms with E-state index in [-0.39, 0.29) is 0 Å². The van der Waals surface area contributed by atoms with Crippen LogP contribution in [0, 0.1) is 0 Å². The monoisotopic (exact) mass is 229 g/mol. The molecular weight excluding hydrogens is 214 g/mol. The molecule has 88 valence electrons. The number of aryl methyl sites for hydroxylation is 1. The average Bonchev–Trinajstić information content (AvgIpc) is 2.38. The number of aliphatic hydroxyl groups is 1. The van der Waals surface area contributed by atoms with Gasteiger partial charge >= 0.3 is 0 Å². The van der Waals surface area contributed by atoms with E-state index in [0.29, 0.717) is 11.4 Å². The number of nitrogen functional groups attached to an aromatic ring is 1. The molecular formula is C13H15N3O. The first-order valence-corrected chi connectivity index (χ1v) is 5.55. The molecule has 0 fully saturated rings. The number of rotatable bonds is 3. The first-order valence-electron chi connectivity index (χ1n) is 5.55. The van der Waals surface area contributed by atoms with E-state index < -0.39 is 6.10 Å². The van der Waals surface area contributed by atoms with Crippen LogP contribution in [0.25, 0.3) is 0 Å². The predicted octanol–water partition coefficient (Wildman–Crippen LogP) is 1.70. The highest BCUT2D eigenvalue weighted by atomic mass is 16.3. The molecule has 2 aromatic heterocycles. The minimum atomic E-state index is -0.748. The molecule has 0 bridgehead atoms. The predicted molar refractivity (Wildman–Crippen MR) is 66.3 cm³/mol. The van der Waals surface area contributed by atoms with Crippen molar-refractivity contribution in [3.8, 4) is 0 Å². The van der Waals surface area contributed by atoms with Gasteiger partial charge in [0.2, 0.25) is 0 Å². The summed E-state index contributed by atoms with van der Waals surface area (Å²) >= 11 is 0. The SMILES string of the molecule is CCc1cnccc1C(O)c1cccnc1N. The Kier molecular flexibility index (Phi) is 3.35.